The molecule has 0 unspecified atom stereocenters. The van der Waals surface area contributed by atoms with Gasteiger partial charge in [0.15, 0.2) is 0 Å². The van der Waals surface area contributed by atoms with Crippen LogP contribution in [0, 0.1) is 5.92 Å². The van der Waals surface area contributed by atoms with Crippen LogP contribution in [-0.4, -0.2) is 26.9 Å². The van der Waals surface area contributed by atoms with Crippen LogP contribution in [0.25, 0.3) is 10.2 Å². The van der Waals surface area contributed by atoms with E-state index in [1.54, 1.807) is 26.0 Å². The van der Waals surface area contributed by atoms with Crippen molar-refractivity contribution < 1.29 is 27.9 Å². The first kappa shape index (κ1) is 25.1. The predicted octanol–water partition coefficient (Wildman–Crippen LogP) is 4.95. The lowest BCUT2D eigenvalue weighted by Crippen LogP contribution is -2.27. The minimum atomic E-state index is -4.68. The zero-order valence-corrected chi connectivity index (χ0v) is 20.0. The van der Waals surface area contributed by atoms with Crippen molar-refractivity contribution >= 4 is 39.1 Å². The van der Waals surface area contributed by atoms with Gasteiger partial charge in [0.25, 0.3) is 5.91 Å². The van der Waals surface area contributed by atoms with Gasteiger partial charge in [-0.1, -0.05) is 6.07 Å². The standard InChI is InChI=1S/C24H25F3N4O3S/c1-23(2,34)14-10-17-18(35-22(31-17)13-8-6-12(7-9-13)20(28)32)11-16(14)30-21(33)15-4-3-5-19(29-15)24(25,26)27/h3-5,10-13,34H,6-9H2,1-2H3,(H2,28,32)(H,30,33)/t12-,13-. The van der Waals surface area contributed by atoms with Gasteiger partial charge in [-0.15, -0.1) is 11.3 Å². The molecule has 7 nitrogen and oxygen atoms in total. The third-order valence-electron chi connectivity index (χ3n) is 6.20. The molecule has 0 radical (unpaired) electrons. The first-order valence-corrected chi connectivity index (χ1v) is 12.0. The molecule has 0 saturated heterocycles. The van der Waals surface area contributed by atoms with Crippen LogP contribution in [0.3, 0.4) is 0 Å². The fraction of sp³-hybridized carbons (Fsp3) is 0.417. The molecule has 4 N–H and O–H groups in total. The third kappa shape index (κ3) is 5.46. The average molecular weight is 507 g/mol. The molecule has 0 bridgehead atoms. The van der Waals surface area contributed by atoms with Crippen molar-refractivity contribution in [1.29, 1.82) is 0 Å². The molecule has 2 heterocycles. The highest BCUT2D eigenvalue weighted by atomic mass is 32.1. The van der Waals surface area contributed by atoms with Crippen LogP contribution in [0.5, 0.6) is 0 Å². The maximum atomic E-state index is 13.0. The van der Waals surface area contributed by atoms with Gasteiger partial charge in [-0.05, 0) is 63.8 Å². The summed E-state index contributed by atoms with van der Waals surface area (Å²) in [5, 5.41) is 14.2. The number of halogens is 3. The summed E-state index contributed by atoms with van der Waals surface area (Å²) in [7, 11) is 0. The molecular formula is C24H25F3N4O3S. The highest BCUT2D eigenvalue weighted by Crippen LogP contribution is 2.41. The molecule has 1 fully saturated rings. The summed E-state index contributed by atoms with van der Waals surface area (Å²) in [6.07, 6.45) is -1.69. The Balaban J connectivity index is 1.65. The average Bonchev–Trinajstić information content (AvgIpc) is 3.20. The van der Waals surface area contributed by atoms with E-state index in [4.69, 9.17) is 10.7 Å². The highest BCUT2D eigenvalue weighted by Gasteiger charge is 2.33. The Hall–Kier alpha value is -3.05. The largest absolute Gasteiger partial charge is 0.433 e. The van der Waals surface area contributed by atoms with Crippen LogP contribution in [-0.2, 0) is 16.6 Å². The smallest absolute Gasteiger partial charge is 0.386 e. The van der Waals surface area contributed by atoms with E-state index in [0.29, 0.717) is 23.9 Å². The first-order chi connectivity index (χ1) is 16.3. The number of aliphatic hydroxyl groups is 1. The monoisotopic (exact) mass is 506 g/mol. The summed E-state index contributed by atoms with van der Waals surface area (Å²) in [4.78, 5) is 32.4. The molecule has 0 aliphatic heterocycles. The van der Waals surface area contributed by atoms with Crippen molar-refractivity contribution in [3.05, 3.63) is 52.3 Å². The Morgan fingerprint density at radius 2 is 1.80 bits per heavy atom. The Morgan fingerprint density at radius 3 is 2.40 bits per heavy atom. The quantitative estimate of drug-likeness (QED) is 0.453. The molecule has 2 amide bonds. The van der Waals surface area contributed by atoms with Gasteiger partial charge in [-0.25, -0.2) is 9.97 Å². The fourth-order valence-electron chi connectivity index (χ4n) is 4.31. The van der Waals surface area contributed by atoms with E-state index >= 15 is 0 Å². The van der Waals surface area contributed by atoms with Gasteiger partial charge in [0.05, 0.1) is 20.8 Å². The molecule has 1 aliphatic carbocycles. The number of nitrogens with zero attached hydrogens (tertiary/aromatic N) is 2. The lowest BCUT2D eigenvalue weighted by atomic mass is 9.82. The van der Waals surface area contributed by atoms with E-state index < -0.39 is 29.1 Å². The Labute approximate surface area is 203 Å². The number of primary amides is 1. The Morgan fingerprint density at radius 1 is 1.11 bits per heavy atom. The summed E-state index contributed by atoms with van der Waals surface area (Å²) >= 11 is 1.45. The van der Waals surface area contributed by atoms with Crippen molar-refractivity contribution in [2.45, 2.75) is 57.2 Å². The number of fused-ring (bicyclic) bond motifs is 1. The lowest BCUT2D eigenvalue weighted by Gasteiger charge is -2.24. The number of aromatic nitrogens is 2. The van der Waals surface area contributed by atoms with Crippen LogP contribution in [0.15, 0.2) is 30.3 Å². The number of pyridine rings is 1. The van der Waals surface area contributed by atoms with Gasteiger partial charge >= 0.3 is 6.18 Å². The Kier molecular flexibility index (Phi) is 6.58. The highest BCUT2D eigenvalue weighted by molar-refractivity contribution is 7.18. The van der Waals surface area contributed by atoms with Gasteiger partial charge in [0, 0.05) is 23.1 Å². The van der Waals surface area contributed by atoms with Gasteiger partial charge in [-0.2, -0.15) is 13.2 Å². The van der Waals surface area contributed by atoms with Gasteiger partial charge in [0.1, 0.15) is 11.4 Å². The number of carbonyl (C=O) groups excluding carboxylic acids is 2. The molecule has 3 aromatic rings. The first-order valence-electron chi connectivity index (χ1n) is 11.1. The molecule has 11 heteroatoms. The number of hydrogen-bond acceptors (Lipinski definition) is 6. The van der Waals surface area contributed by atoms with Crippen LogP contribution in [0.1, 0.15) is 72.2 Å². The van der Waals surface area contributed by atoms with E-state index in [2.05, 4.69) is 10.3 Å². The third-order valence-corrected chi connectivity index (χ3v) is 7.38. The van der Waals surface area contributed by atoms with Gasteiger partial charge in [0.2, 0.25) is 5.91 Å². The summed E-state index contributed by atoms with van der Waals surface area (Å²) in [6, 6.07) is 6.46. The van der Waals surface area contributed by atoms with Crippen molar-refractivity contribution in [3.8, 4) is 0 Å². The minimum absolute atomic E-state index is 0.117. The van der Waals surface area contributed by atoms with Crippen molar-refractivity contribution in [1.82, 2.24) is 9.97 Å². The SMILES string of the molecule is CC(C)(O)c1cc2nc([C@H]3CC[C@H](C(N)=O)CC3)sc2cc1NC(=O)c1cccc(C(F)(F)F)n1. The molecule has 2 aromatic heterocycles. The lowest BCUT2D eigenvalue weighted by molar-refractivity contribution is -0.141. The molecular weight excluding hydrogens is 481 g/mol. The Bertz CT molecular complexity index is 1280. The zero-order chi connectivity index (χ0) is 25.5. The summed E-state index contributed by atoms with van der Waals surface area (Å²) < 4.78 is 39.8. The molecule has 1 aromatic carbocycles. The molecule has 0 atom stereocenters. The minimum Gasteiger partial charge on any atom is -0.386 e. The van der Waals surface area contributed by atoms with Crippen LogP contribution >= 0.6 is 11.3 Å². The summed E-state index contributed by atoms with van der Waals surface area (Å²) in [6.45, 7) is 3.09. The van der Waals surface area contributed by atoms with E-state index in [1.165, 1.54) is 17.4 Å². The molecule has 186 valence electrons. The van der Waals surface area contributed by atoms with Crippen LogP contribution < -0.4 is 11.1 Å². The fourth-order valence-corrected chi connectivity index (χ4v) is 5.46. The number of benzene rings is 1. The topological polar surface area (TPSA) is 118 Å². The van der Waals surface area contributed by atoms with Crippen LogP contribution in [0.2, 0.25) is 0 Å². The normalized spacial score (nSPS) is 19.0. The van der Waals surface area contributed by atoms with Gasteiger partial charge < -0.3 is 16.2 Å². The van der Waals surface area contributed by atoms with Gasteiger partial charge in [-0.3, -0.25) is 9.59 Å². The maximum Gasteiger partial charge on any atom is 0.433 e. The molecule has 0 spiro atoms. The zero-order valence-electron chi connectivity index (χ0n) is 19.1. The molecule has 4 rings (SSSR count). The molecule has 1 saturated carbocycles. The van der Waals surface area contributed by atoms with Crippen molar-refractivity contribution in [2.24, 2.45) is 11.7 Å². The summed E-state index contributed by atoms with van der Waals surface area (Å²) in [5.41, 5.74) is 3.80. The van der Waals surface area contributed by atoms with E-state index in [0.717, 1.165) is 34.7 Å². The van der Waals surface area contributed by atoms with Crippen LogP contribution in [0.4, 0.5) is 18.9 Å². The van der Waals surface area contributed by atoms with Crippen molar-refractivity contribution in [2.75, 3.05) is 5.32 Å². The second kappa shape index (κ2) is 9.19. The number of alkyl halides is 3. The number of amides is 2. The number of hydrogen-bond donors (Lipinski definition) is 3. The summed E-state index contributed by atoms with van der Waals surface area (Å²) in [5.74, 6) is -1.04. The van der Waals surface area contributed by atoms with E-state index in [9.17, 15) is 27.9 Å². The number of rotatable bonds is 5. The number of anilines is 1. The van der Waals surface area contributed by atoms with Crippen molar-refractivity contribution in [3.63, 3.8) is 0 Å². The molecule has 1 aliphatic rings. The number of nitrogens with two attached hydrogens (primary N) is 1. The maximum absolute atomic E-state index is 13.0. The molecule has 35 heavy (non-hydrogen) atoms. The number of nitrogens with one attached hydrogen (secondary N) is 1. The second-order valence-electron chi connectivity index (χ2n) is 9.29. The number of thiazole rings is 1. The number of carbonyl (C=O) groups is 2. The van der Waals surface area contributed by atoms with E-state index in [-0.39, 0.29) is 23.4 Å². The van der Waals surface area contributed by atoms with E-state index in [1.807, 2.05) is 0 Å². The second-order valence-corrected chi connectivity index (χ2v) is 10.3. The predicted molar refractivity (Wildman–Crippen MR) is 126 cm³/mol.